The number of carbonyl (C=O) groups excluding carboxylic acids is 1. The largest absolute Gasteiger partial charge is 0.439 e. The van der Waals surface area contributed by atoms with Gasteiger partial charge in [0.1, 0.15) is 23.7 Å². The van der Waals surface area contributed by atoms with E-state index in [1.807, 2.05) is 13.0 Å². The van der Waals surface area contributed by atoms with Crippen LogP contribution in [0.4, 0.5) is 10.2 Å². The van der Waals surface area contributed by atoms with Gasteiger partial charge in [-0.25, -0.2) is 14.4 Å². The first-order chi connectivity index (χ1) is 14.5. The number of hydrogen-bond acceptors (Lipinski definition) is 5. The van der Waals surface area contributed by atoms with E-state index in [0.717, 1.165) is 11.4 Å². The molecule has 0 radical (unpaired) electrons. The summed E-state index contributed by atoms with van der Waals surface area (Å²) in [5.41, 5.74) is 1.41. The molecule has 3 aromatic rings. The van der Waals surface area contributed by atoms with Crippen molar-refractivity contribution in [2.75, 3.05) is 31.1 Å². The van der Waals surface area contributed by atoms with E-state index in [0.29, 0.717) is 48.4 Å². The van der Waals surface area contributed by atoms with Gasteiger partial charge in [0.05, 0.1) is 0 Å². The third-order valence-electron chi connectivity index (χ3n) is 4.96. The van der Waals surface area contributed by atoms with Crippen molar-refractivity contribution in [1.29, 1.82) is 0 Å². The number of carbonyl (C=O) groups is 1. The van der Waals surface area contributed by atoms with Crippen molar-refractivity contribution in [3.05, 3.63) is 76.8 Å². The normalized spacial score (nSPS) is 14.0. The second kappa shape index (κ2) is 8.67. The Morgan fingerprint density at radius 2 is 1.77 bits per heavy atom. The van der Waals surface area contributed by atoms with Gasteiger partial charge in [-0.2, -0.15) is 0 Å². The molecule has 0 spiro atoms. The summed E-state index contributed by atoms with van der Waals surface area (Å²) in [6.45, 7) is 4.26. The zero-order valence-electron chi connectivity index (χ0n) is 16.4. The molecule has 0 atom stereocenters. The molecule has 0 N–H and O–H groups in total. The van der Waals surface area contributed by atoms with Crippen molar-refractivity contribution in [1.82, 2.24) is 14.9 Å². The van der Waals surface area contributed by atoms with E-state index in [2.05, 4.69) is 14.9 Å². The molecule has 2 heterocycles. The lowest BCUT2D eigenvalue weighted by molar-refractivity contribution is 0.0746. The fourth-order valence-corrected chi connectivity index (χ4v) is 3.39. The van der Waals surface area contributed by atoms with Gasteiger partial charge in [0.25, 0.3) is 5.91 Å². The van der Waals surface area contributed by atoms with Crippen molar-refractivity contribution in [3.8, 4) is 11.6 Å². The van der Waals surface area contributed by atoms with E-state index in [1.165, 1.54) is 30.6 Å². The maximum atomic E-state index is 13.1. The van der Waals surface area contributed by atoms with E-state index in [1.54, 1.807) is 23.1 Å². The van der Waals surface area contributed by atoms with Crippen LogP contribution in [0.3, 0.4) is 0 Å². The van der Waals surface area contributed by atoms with E-state index in [4.69, 9.17) is 16.3 Å². The highest BCUT2D eigenvalue weighted by Crippen LogP contribution is 2.26. The second-order valence-electron chi connectivity index (χ2n) is 7.01. The Hall–Kier alpha value is -3.19. The highest BCUT2D eigenvalue weighted by atomic mass is 35.5. The van der Waals surface area contributed by atoms with Crippen LogP contribution >= 0.6 is 11.6 Å². The Morgan fingerprint density at radius 1 is 1.03 bits per heavy atom. The quantitative estimate of drug-likeness (QED) is 0.621. The van der Waals surface area contributed by atoms with Crippen molar-refractivity contribution in [2.24, 2.45) is 0 Å². The SMILES string of the molecule is Cc1cc(Oc2cc(N3CCN(C(=O)c4ccc(F)cc4)CC3)ncn2)ccc1Cl. The minimum atomic E-state index is -0.355. The maximum absolute atomic E-state index is 13.1. The Bertz CT molecular complexity index is 1050. The van der Waals surface area contributed by atoms with Crippen molar-refractivity contribution >= 4 is 23.3 Å². The van der Waals surface area contributed by atoms with Gasteiger partial charge in [0.2, 0.25) is 5.88 Å². The number of halogens is 2. The molecular formula is C22H20ClFN4O2. The number of anilines is 1. The molecule has 1 amide bonds. The predicted molar refractivity (Wildman–Crippen MR) is 113 cm³/mol. The van der Waals surface area contributed by atoms with Crippen molar-refractivity contribution in [2.45, 2.75) is 6.92 Å². The third kappa shape index (κ3) is 4.52. The monoisotopic (exact) mass is 426 g/mol. The smallest absolute Gasteiger partial charge is 0.253 e. The summed E-state index contributed by atoms with van der Waals surface area (Å²) in [5.74, 6) is 1.37. The van der Waals surface area contributed by atoms with Gasteiger partial charge in [-0.3, -0.25) is 4.79 Å². The molecule has 1 fully saturated rings. The summed E-state index contributed by atoms with van der Waals surface area (Å²) < 4.78 is 18.9. The third-order valence-corrected chi connectivity index (χ3v) is 5.39. The molecule has 1 aromatic heterocycles. The van der Waals surface area contributed by atoms with Gasteiger partial charge >= 0.3 is 0 Å². The zero-order valence-corrected chi connectivity index (χ0v) is 17.1. The van der Waals surface area contributed by atoms with Crippen LogP contribution in [0.5, 0.6) is 11.6 Å². The molecule has 30 heavy (non-hydrogen) atoms. The van der Waals surface area contributed by atoms with Crippen molar-refractivity contribution in [3.63, 3.8) is 0 Å². The molecule has 1 aliphatic rings. The molecule has 6 nitrogen and oxygen atoms in total. The van der Waals surface area contributed by atoms with Crippen molar-refractivity contribution < 1.29 is 13.9 Å². The summed E-state index contributed by atoms with van der Waals surface area (Å²) in [5, 5.41) is 0.679. The van der Waals surface area contributed by atoms with E-state index in [9.17, 15) is 9.18 Å². The Morgan fingerprint density at radius 3 is 2.47 bits per heavy atom. The summed E-state index contributed by atoms with van der Waals surface area (Å²) in [6, 6.07) is 12.8. The zero-order chi connectivity index (χ0) is 21.1. The highest BCUT2D eigenvalue weighted by Gasteiger charge is 2.23. The number of nitrogens with zero attached hydrogens (tertiary/aromatic N) is 4. The van der Waals surface area contributed by atoms with Crippen LogP contribution in [0.2, 0.25) is 5.02 Å². The summed E-state index contributed by atoms with van der Waals surface area (Å²) >= 11 is 6.06. The number of ether oxygens (including phenoxy) is 1. The summed E-state index contributed by atoms with van der Waals surface area (Å²) in [7, 11) is 0. The molecule has 2 aromatic carbocycles. The molecule has 0 bridgehead atoms. The second-order valence-corrected chi connectivity index (χ2v) is 7.42. The van der Waals surface area contributed by atoms with E-state index in [-0.39, 0.29) is 11.7 Å². The highest BCUT2D eigenvalue weighted by molar-refractivity contribution is 6.31. The minimum absolute atomic E-state index is 0.0977. The lowest BCUT2D eigenvalue weighted by Crippen LogP contribution is -2.49. The van der Waals surface area contributed by atoms with Crippen LogP contribution in [-0.2, 0) is 0 Å². The first-order valence-electron chi connectivity index (χ1n) is 9.55. The van der Waals surface area contributed by atoms with Crippen LogP contribution < -0.4 is 9.64 Å². The van der Waals surface area contributed by atoms with E-state index >= 15 is 0 Å². The average Bonchev–Trinajstić information content (AvgIpc) is 2.77. The number of hydrogen-bond donors (Lipinski definition) is 0. The average molecular weight is 427 g/mol. The molecule has 1 aliphatic heterocycles. The van der Waals surface area contributed by atoms with Gasteiger partial charge in [0.15, 0.2) is 0 Å². The molecule has 1 saturated heterocycles. The molecule has 4 rings (SSSR count). The Kier molecular flexibility index (Phi) is 5.81. The number of aryl methyl sites for hydroxylation is 1. The van der Waals surface area contributed by atoms with Gasteiger partial charge in [0, 0.05) is 42.8 Å². The molecular weight excluding hydrogens is 407 g/mol. The maximum Gasteiger partial charge on any atom is 0.253 e. The molecule has 0 aliphatic carbocycles. The van der Waals surface area contributed by atoms with Gasteiger partial charge in [-0.05, 0) is 55.0 Å². The number of amides is 1. The standard InChI is InChI=1S/C22H20ClFN4O2/c1-15-12-18(6-7-19(15)23)30-21-13-20(25-14-26-21)27-8-10-28(11-9-27)22(29)16-2-4-17(24)5-3-16/h2-7,12-14H,8-11H2,1H3. The molecule has 0 saturated carbocycles. The molecule has 0 unspecified atom stereocenters. The first kappa shape index (κ1) is 20.1. The van der Waals surface area contributed by atoms with Crippen LogP contribution in [0, 0.1) is 12.7 Å². The van der Waals surface area contributed by atoms with Crippen LogP contribution in [0.15, 0.2) is 54.9 Å². The number of piperazine rings is 1. The number of benzene rings is 2. The van der Waals surface area contributed by atoms with Gasteiger partial charge in [-0.1, -0.05) is 11.6 Å². The summed E-state index contributed by atoms with van der Waals surface area (Å²) in [4.78, 5) is 25.0. The fraction of sp³-hybridized carbons (Fsp3) is 0.227. The first-order valence-corrected chi connectivity index (χ1v) is 9.93. The van der Waals surface area contributed by atoms with Crippen LogP contribution in [0.1, 0.15) is 15.9 Å². The topological polar surface area (TPSA) is 58.6 Å². The predicted octanol–water partition coefficient (Wildman–Crippen LogP) is 4.33. The molecule has 154 valence electrons. The van der Waals surface area contributed by atoms with Crippen LogP contribution in [0.25, 0.3) is 0 Å². The fourth-order valence-electron chi connectivity index (χ4n) is 3.27. The van der Waals surface area contributed by atoms with Gasteiger partial charge in [-0.15, -0.1) is 0 Å². The van der Waals surface area contributed by atoms with Gasteiger partial charge < -0.3 is 14.5 Å². The van der Waals surface area contributed by atoms with Crippen LogP contribution in [-0.4, -0.2) is 47.0 Å². The Balaban J connectivity index is 1.40. The number of aromatic nitrogens is 2. The minimum Gasteiger partial charge on any atom is -0.439 e. The summed E-state index contributed by atoms with van der Waals surface area (Å²) in [6.07, 6.45) is 1.46. The lowest BCUT2D eigenvalue weighted by Gasteiger charge is -2.35. The van der Waals surface area contributed by atoms with E-state index < -0.39 is 0 Å². The number of rotatable bonds is 4. The lowest BCUT2D eigenvalue weighted by atomic mass is 10.2. The molecule has 8 heteroatoms. The Labute approximate surface area is 178 Å².